The highest BCUT2D eigenvalue weighted by Gasteiger charge is 2.03. The first kappa shape index (κ1) is 19.0. The quantitative estimate of drug-likeness (QED) is 0.578. The Balaban J connectivity index is 2.16. The first-order chi connectivity index (χ1) is 11.1. The summed E-state index contributed by atoms with van der Waals surface area (Å²) in [5.41, 5.74) is 1.03. The van der Waals surface area contributed by atoms with E-state index in [1.807, 2.05) is 24.3 Å². The molecule has 1 rings (SSSR count). The van der Waals surface area contributed by atoms with Crippen molar-refractivity contribution in [3.63, 3.8) is 0 Å². The number of rotatable bonds is 12. The molecule has 0 fully saturated rings. The Hall–Kier alpha value is -2.04. The van der Waals surface area contributed by atoms with Crippen molar-refractivity contribution >= 4 is 11.9 Å². The molecule has 5 heteroatoms. The van der Waals surface area contributed by atoms with Gasteiger partial charge in [0.15, 0.2) is 0 Å². The second-order valence-corrected chi connectivity index (χ2v) is 5.58. The number of unbranched alkanes of at least 4 members (excludes halogenated alkanes) is 3. The molecule has 0 spiro atoms. The monoisotopic (exact) mass is 321 g/mol. The fraction of sp³-hybridized carbons (Fsp3) is 0.556. The fourth-order valence-corrected chi connectivity index (χ4v) is 2.07. The molecule has 0 radical (unpaired) electrons. The Morgan fingerprint density at radius 3 is 2.39 bits per heavy atom. The van der Waals surface area contributed by atoms with Gasteiger partial charge in [-0.3, -0.25) is 9.59 Å². The van der Waals surface area contributed by atoms with Crippen molar-refractivity contribution in [3.8, 4) is 5.75 Å². The van der Waals surface area contributed by atoms with Crippen LogP contribution in [0.25, 0.3) is 0 Å². The Bertz CT molecular complexity index is 470. The van der Waals surface area contributed by atoms with E-state index in [0.29, 0.717) is 19.4 Å². The van der Waals surface area contributed by atoms with Crippen LogP contribution in [0.3, 0.4) is 0 Å². The lowest BCUT2D eigenvalue weighted by atomic mass is 10.1. The highest BCUT2D eigenvalue weighted by Crippen LogP contribution is 2.12. The summed E-state index contributed by atoms with van der Waals surface area (Å²) in [5, 5.41) is 11.4. The Kier molecular flexibility index (Phi) is 9.52. The molecular formula is C18H27NO4. The van der Waals surface area contributed by atoms with Gasteiger partial charge in [0.1, 0.15) is 5.75 Å². The molecule has 1 aromatic rings. The number of benzene rings is 1. The van der Waals surface area contributed by atoms with Crippen LogP contribution in [0.5, 0.6) is 5.75 Å². The zero-order chi connectivity index (χ0) is 16.9. The second-order valence-electron chi connectivity index (χ2n) is 5.58. The van der Waals surface area contributed by atoms with Crippen molar-refractivity contribution in [1.29, 1.82) is 0 Å². The van der Waals surface area contributed by atoms with Gasteiger partial charge in [-0.25, -0.2) is 0 Å². The van der Waals surface area contributed by atoms with Gasteiger partial charge in [-0.2, -0.15) is 0 Å². The highest BCUT2D eigenvalue weighted by molar-refractivity contribution is 5.75. The Morgan fingerprint density at radius 1 is 1.04 bits per heavy atom. The van der Waals surface area contributed by atoms with E-state index < -0.39 is 5.97 Å². The van der Waals surface area contributed by atoms with Crippen LogP contribution in [0.1, 0.15) is 57.4 Å². The molecule has 2 N–H and O–H groups in total. The number of hydrogen-bond acceptors (Lipinski definition) is 3. The number of ether oxygens (including phenoxy) is 1. The van der Waals surface area contributed by atoms with Crippen molar-refractivity contribution in [2.24, 2.45) is 0 Å². The van der Waals surface area contributed by atoms with Gasteiger partial charge >= 0.3 is 5.97 Å². The molecule has 0 saturated heterocycles. The van der Waals surface area contributed by atoms with Crippen LogP contribution in [0.2, 0.25) is 0 Å². The molecule has 0 atom stereocenters. The number of carbonyl (C=O) groups is 2. The largest absolute Gasteiger partial charge is 0.494 e. The van der Waals surface area contributed by atoms with Crippen molar-refractivity contribution in [2.75, 3.05) is 6.61 Å². The maximum atomic E-state index is 11.7. The summed E-state index contributed by atoms with van der Waals surface area (Å²) in [7, 11) is 0. The first-order valence-corrected chi connectivity index (χ1v) is 8.32. The third-order valence-corrected chi connectivity index (χ3v) is 3.47. The average molecular weight is 321 g/mol. The van der Waals surface area contributed by atoms with Gasteiger partial charge in [0.2, 0.25) is 5.91 Å². The predicted octanol–water partition coefficient (Wildman–Crippen LogP) is 3.52. The van der Waals surface area contributed by atoms with Gasteiger partial charge in [0.05, 0.1) is 6.61 Å². The minimum absolute atomic E-state index is 0.00333. The average Bonchev–Trinajstić information content (AvgIpc) is 2.54. The lowest BCUT2D eigenvalue weighted by molar-refractivity contribution is -0.137. The molecule has 0 aliphatic heterocycles. The zero-order valence-corrected chi connectivity index (χ0v) is 13.8. The fourth-order valence-electron chi connectivity index (χ4n) is 2.07. The van der Waals surface area contributed by atoms with Crippen molar-refractivity contribution in [1.82, 2.24) is 5.32 Å². The molecule has 0 saturated carbocycles. The second kappa shape index (κ2) is 11.5. The highest BCUT2D eigenvalue weighted by atomic mass is 16.5. The van der Waals surface area contributed by atoms with E-state index >= 15 is 0 Å². The van der Waals surface area contributed by atoms with Gasteiger partial charge in [0.25, 0.3) is 0 Å². The standard InChI is InChI=1S/C18H27NO4/c1-2-3-13-23-16-11-9-15(10-12-16)14-19-17(20)7-5-4-6-8-18(21)22/h9-12H,2-8,13-14H2,1H3,(H,19,20)(H,21,22). The van der Waals surface area contributed by atoms with Gasteiger partial charge in [-0.1, -0.05) is 31.9 Å². The number of aliphatic carboxylic acids is 1. The molecule has 1 aromatic carbocycles. The van der Waals surface area contributed by atoms with Crippen LogP contribution in [0, 0.1) is 0 Å². The molecule has 0 aromatic heterocycles. The van der Waals surface area contributed by atoms with Gasteiger partial charge < -0.3 is 15.2 Å². The number of carbonyl (C=O) groups excluding carboxylic acids is 1. The third kappa shape index (κ3) is 9.55. The van der Waals surface area contributed by atoms with Crippen LogP contribution in [-0.2, 0) is 16.1 Å². The summed E-state index contributed by atoms with van der Waals surface area (Å²) >= 11 is 0. The summed E-state index contributed by atoms with van der Waals surface area (Å²) in [6.45, 7) is 3.36. The van der Waals surface area contributed by atoms with Crippen molar-refractivity contribution in [3.05, 3.63) is 29.8 Å². The molecule has 0 aliphatic carbocycles. The van der Waals surface area contributed by atoms with Crippen LogP contribution in [-0.4, -0.2) is 23.6 Å². The van der Waals surface area contributed by atoms with Crippen LogP contribution >= 0.6 is 0 Å². The molecule has 128 valence electrons. The number of amides is 1. The Morgan fingerprint density at radius 2 is 1.74 bits per heavy atom. The predicted molar refractivity (Wildman–Crippen MR) is 89.4 cm³/mol. The summed E-state index contributed by atoms with van der Waals surface area (Å²) in [5.74, 6) is 0.0760. The summed E-state index contributed by atoms with van der Waals surface area (Å²) in [4.78, 5) is 22.1. The Labute approximate surface area is 138 Å². The van der Waals surface area contributed by atoms with Crippen LogP contribution in [0.15, 0.2) is 24.3 Å². The molecule has 0 bridgehead atoms. The maximum Gasteiger partial charge on any atom is 0.303 e. The van der Waals surface area contributed by atoms with E-state index in [2.05, 4.69) is 12.2 Å². The number of carboxylic acid groups (broad SMARTS) is 1. The smallest absolute Gasteiger partial charge is 0.303 e. The molecule has 23 heavy (non-hydrogen) atoms. The van der Waals surface area contributed by atoms with E-state index in [1.165, 1.54) is 0 Å². The van der Waals surface area contributed by atoms with E-state index in [1.54, 1.807) is 0 Å². The molecular weight excluding hydrogens is 294 g/mol. The summed E-state index contributed by atoms with van der Waals surface area (Å²) in [6.07, 6.45) is 4.89. The van der Waals surface area contributed by atoms with E-state index in [4.69, 9.17) is 9.84 Å². The summed E-state index contributed by atoms with van der Waals surface area (Å²) in [6, 6.07) is 7.74. The van der Waals surface area contributed by atoms with Crippen LogP contribution in [0.4, 0.5) is 0 Å². The lowest BCUT2D eigenvalue weighted by Gasteiger charge is -2.08. The SMILES string of the molecule is CCCCOc1ccc(CNC(=O)CCCCCC(=O)O)cc1. The number of hydrogen-bond donors (Lipinski definition) is 2. The topological polar surface area (TPSA) is 75.6 Å². The zero-order valence-electron chi connectivity index (χ0n) is 13.8. The summed E-state index contributed by atoms with van der Waals surface area (Å²) < 4.78 is 5.59. The van der Waals surface area contributed by atoms with E-state index in [-0.39, 0.29) is 12.3 Å². The maximum absolute atomic E-state index is 11.7. The third-order valence-electron chi connectivity index (χ3n) is 3.47. The number of carboxylic acids is 1. The van der Waals surface area contributed by atoms with Gasteiger partial charge in [-0.05, 0) is 37.0 Å². The first-order valence-electron chi connectivity index (χ1n) is 8.32. The van der Waals surface area contributed by atoms with Crippen LogP contribution < -0.4 is 10.1 Å². The lowest BCUT2D eigenvalue weighted by Crippen LogP contribution is -2.22. The molecule has 0 aliphatic rings. The van der Waals surface area contributed by atoms with Gasteiger partial charge in [-0.15, -0.1) is 0 Å². The molecule has 5 nitrogen and oxygen atoms in total. The van der Waals surface area contributed by atoms with Crippen molar-refractivity contribution < 1.29 is 19.4 Å². The molecule has 0 unspecified atom stereocenters. The molecule has 1 amide bonds. The minimum atomic E-state index is -0.781. The minimum Gasteiger partial charge on any atom is -0.494 e. The normalized spacial score (nSPS) is 10.3. The van der Waals surface area contributed by atoms with Crippen molar-refractivity contribution in [2.45, 2.75) is 58.4 Å². The molecule has 0 heterocycles. The number of nitrogens with one attached hydrogen (secondary N) is 1. The van der Waals surface area contributed by atoms with E-state index in [0.717, 1.165) is 43.6 Å². The van der Waals surface area contributed by atoms with Gasteiger partial charge in [0, 0.05) is 19.4 Å². The van der Waals surface area contributed by atoms with E-state index in [9.17, 15) is 9.59 Å².